The Kier molecular flexibility index (Phi) is 5.86. The molecule has 1 N–H and O–H groups in total. The summed E-state index contributed by atoms with van der Waals surface area (Å²) < 4.78 is 6.17. The molecule has 0 aliphatic heterocycles. The molecular formula is C21H24N2O2. The molecule has 0 atom stereocenters. The molecule has 0 aliphatic carbocycles. The number of oxazole rings is 1. The van der Waals surface area contributed by atoms with Crippen molar-refractivity contribution in [2.45, 2.75) is 19.8 Å². The van der Waals surface area contributed by atoms with Crippen molar-refractivity contribution in [1.82, 2.24) is 4.98 Å². The maximum atomic E-state index is 9.40. The van der Waals surface area contributed by atoms with Crippen molar-refractivity contribution in [3.05, 3.63) is 60.7 Å². The molecule has 4 heteroatoms. The number of hydrogen-bond acceptors (Lipinski definition) is 4. The van der Waals surface area contributed by atoms with E-state index >= 15 is 0 Å². The van der Waals surface area contributed by atoms with Crippen LogP contribution < -0.4 is 4.90 Å². The Morgan fingerprint density at radius 2 is 1.56 bits per heavy atom. The third-order valence-electron chi connectivity index (χ3n) is 4.12. The number of benzene rings is 2. The van der Waals surface area contributed by atoms with Crippen molar-refractivity contribution in [3.63, 3.8) is 0 Å². The Morgan fingerprint density at radius 1 is 0.920 bits per heavy atom. The fourth-order valence-corrected chi connectivity index (χ4v) is 2.79. The van der Waals surface area contributed by atoms with Gasteiger partial charge < -0.3 is 14.4 Å². The van der Waals surface area contributed by atoms with Gasteiger partial charge in [-0.05, 0) is 6.42 Å². The highest BCUT2D eigenvalue weighted by molar-refractivity contribution is 5.78. The van der Waals surface area contributed by atoms with E-state index in [1.54, 1.807) is 0 Å². The summed E-state index contributed by atoms with van der Waals surface area (Å²) in [5.41, 5.74) is 2.86. The molecule has 0 fully saturated rings. The molecule has 1 aromatic heterocycles. The smallest absolute Gasteiger partial charge is 0.298 e. The van der Waals surface area contributed by atoms with Crippen LogP contribution in [0.4, 0.5) is 6.01 Å². The zero-order valence-corrected chi connectivity index (χ0v) is 14.6. The number of aliphatic hydroxyl groups excluding tert-OH is 1. The Hall–Kier alpha value is -2.59. The van der Waals surface area contributed by atoms with Crippen molar-refractivity contribution in [2.75, 3.05) is 24.6 Å². The van der Waals surface area contributed by atoms with E-state index < -0.39 is 0 Å². The van der Waals surface area contributed by atoms with Crippen molar-refractivity contribution in [3.8, 4) is 22.6 Å². The van der Waals surface area contributed by atoms with Gasteiger partial charge in [0, 0.05) is 24.2 Å². The summed E-state index contributed by atoms with van der Waals surface area (Å²) in [6, 6.07) is 20.7. The predicted molar refractivity (Wildman–Crippen MR) is 102 cm³/mol. The SMILES string of the molecule is CCCCN(CCO)c1nc(-c2ccccc2)c(-c2ccccc2)o1. The van der Waals surface area contributed by atoms with Gasteiger partial charge in [0.05, 0.1) is 6.61 Å². The van der Waals surface area contributed by atoms with Crippen molar-refractivity contribution in [2.24, 2.45) is 0 Å². The van der Waals surface area contributed by atoms with Crippen molar-refractivity contribution >= 4 is 6.01 Å². The van der Waals surface area contributed by atoms with Crippen LogP contribution in [0.3, 0.4) is 0 Å². The minimum atomic E-state index is 0.0768. The first-order valence-electron chi connectivity index (χ1n) is 8.81. The standard InChI is InChI=1S/C21H24N2O2/c1-2-3-14-23(15-16-24)21-22-19(17-10-6-4-7-11-17)20(25-21)18-12-8-5-9-13-18/h4-13,24H,2-3,14-16H2,1H3. The summed E-state index contributed by atoms with van der Waals surface area (Å²) in [6.07, 6.45) is 2.11. The zero-order chi connectivity index (χ0) is 17.5. The van der Waals surface area contributed by atoms with Crippen LogP contribution in [0, 0.1) is 0 Å². The summed E-state index contributed by atoms with van der Waals surface area (Å²) in [5, 5.41) is 9.40. The van der Waals surface area contributed by atoms with Gasteiger partial charge in [-0.25, -0.2) is 0 Å². The lowest BCUT2D eigenvalue weighted by Crippen LogP contribution is -2.27. The Labute approximate surface area is 148 Å². The molecule has 3 rings (SSSR count). The normalized spacial score (nSPS) is 10.8. The van der Waals surface area contributed by atoms with Crippen LogP contribution in [-0.2, 0) is 0 Å². The van der Waals surface area contributed by atoms with E-state index in [1.165, 1.54) is 0 Å². The molecule has 25 heavy (non-hydrogen) atoms. The summed E-state index contributed by atoms with van der Waals surface area (Å²) in [7, 11) is 0. The van der Waals surface area contributed by atoms with E-state index in [4.69, 9.17) is 9.40 Å². The summed E-state index contributed by atoms with van der Waals surface area (Å²) >= 11 is 0. The van der Waals surface area contributed by atoms with Gasteiger partial charge in [0.25, 0.3) is 6.01 Å². The van der Waals surface area contributed by atoms with Gasteiger partial charge in [0.15, 0.2) is 5.76 Å². The molecule has 3 aromatic rings. The molecule has 0 amide bonds. The third kappa shape index (κ3) is 4.09. The number of aliphatic hydroxyl groups is 1. The highest BCUT2D eigenvalue weighted by Crippen LogP contribution is 2.35. The molecule has 0 unspecified atom stereocenters. The van der Waals surface area contributed by atoms with Gasteiger partial charge in [-0.15, -0.1) is 0 Å². The molecule has 0 saturated heterocycles. The summed E-state index contributed by atoms with van der Waals surface area (Å²) in [6.45, 7) is 3.56. The van der Waals surface area contributed by atoms with Gasteiger partial charge in [-0.1, -0.05) is 74.0 Å². The Bertz CT molecular complexity index is 712. The van der Waals surface area contributed by atoms with E-state index in [-0.39, 0.29) is 6.61 Å². The first kappa shape index (κ1) is 17.2. The fourth-order valence-electron chi connectivity index (χ4n) is 2.79. The molecule has 130 valence electrons. The minimum absolute atomic E-state index is 0.0768. The molecule has 0 saturated carbocycles. The molecule has 0 bridgehead atoms. The maximum Gasteiger partial charge on any atom is 0.298 e. The van der Waals surface area contributed by atoms with E-state index in [0.717, 1.165) is 42.0 Å². The molecule has 2 aromatic carbocycles. The molecule has 0 aliphatic rings. The lowest BCUT2D eigenvalue weighted by Gasteiger charge is -2.18. The number of hydrogen-bond donors (Lipinski definition) is 1. The molecule has 1 heterocycles. The van der Waals surface area contributed by atoms with Gasteiger partial charge in [0.1, 0.15) is 5.69 Å². The largest absolute Gasteiger partial charge is 0.423 e. The highest BCUT2D eigenvalue weighted by Gasteiger charge is 2.20. The van der Waals surface area contributed by atoms with Crippen molar-refractivity contribution < 1.29 is 9.52 Å². The first-order valence-corrected chi connectivity index (χ1v) is 8.81. The van der Waals surface area contributed by atoms with Gasteiger partial charge in [0.2, 0.25) is 0 Å². The second-order valence-electron chi connectivity index (χ2n) is 5.97. The quantitative estimate of drug-likeness (QED) is 0.653. The lowest BCUT2D eigenvalue weighted by molar-refractivity contribution is 0.298. The average molecular weight is 336 g/mol. The average Bonchev–Trinajstić information content (AvgIpc) is 3.12. The summed E-state index contributed by atoms with van der Waals surface area (Å²) in [4.78, 5) is 6.79. The van der Waals surface area contributed by atoms with Gasteiger partial charge in [-0.2, -0.15) is 4.98 Å². The zero-order valence-electron chi connectivity index (χ0n) is 14.6. The Morgan fingerprint density at radius 3 is 2.16 bits per heavy atom. The number of unbranched alkanes of at least 4 members (excludes halogenated alkanes) is 1. The van der Waals surface area contributed by atoms with Crippen LogP contribution in [0.1, 0.15) is 19.8 Å². The maximum absolute atomic E-state index is 9.40. The number of nitrogens with zero attached hydrogens (tertiary/aromatic N) is 2. The lowest BCUT2D eigenvalue weighted by atomic mass is 10.1. The first-order chi connectivity index (χ1) is 12.3. The molecule has 4 nitrogen and oxygen atoms in total. The minimum Gasteiger partial charge on any atom is -0.423 e. The Balaban J connectivity index is 2.05. The molecule has 0 radical (unpaired) electrons. The van der Waals surface area contributed by atoms with Gasteiger partial charge >= 0.3 is 0 Å². The monoisotopic (exact) mass is 336 g/mol. The van der Waals surface area contributed by atoms with E-state index in [9.17, 15) is 5.11 Å². The fraction of sp³-hybridized carbons (Fsp3) is 0.286. The van der Waals surface area contributed by atoms with Crippen LogP contribution >= 0.6 is 0 Å². The number of aromatic nitrogens is 1. The van der Waals surface area contributed by atoms with Crippen LogP contribution in [0.25, 0.3) is 22.6 Å². The number of anilines is 1. The second-order valence-corrected chi connectivity index (χ2v) is 5.97. The van der Waals surface area contributed by atoms with E-state index in [0.29, 0.717) is 12.6 Å². The van der Waals surface area contributed by atoms with E-state index in [1.807, 2.05) is 65.6 Å². The van der Waals surface area contributed by atoms with Gasteiger partial charge in [-0.3, -0.25) is 0 Å². The topological polar surface area (TPSA) is 49.5 Å². The third-order valence-corrected chi connectivity index (χ3v) is 4.12. The van der Waals surface area contributed by atoms with Crippen LogP contribution in [-0.4, -0.2) is 29.8 Å². The predicted octanol–water partition coefficient (Wildman–Crippen LogP) is 4.61. The van der Waals surface area contributed by atoms with Crippen LogP contribution in [0.2, 0.25) is 0 Å². The van der Waals surface area contributed by atoms with Crippen LogP contribution in [0.5, 0.6) is 0 Å². The molecular weight excluding hydrogens is 312 g/mol. The highest BCUT2D eigenvalue weighted by atomic mass is 16.4. The van der Waals surface area contributed by atoms with Crippen LogP contribution in [0.15, 0.2) is 65.1 Å². The number of rotatable bonds is 8. The van der Waals surface area contributed by atoms with E-state index in [2.05, 4.69) is 6.92 Å². The van der Waals surface area contributed by atoms with Crippen molar-refractivity contribution in [1.29, 1.82) is 0 Å². The summed E-state index contributed by atoms with van der Waals surface area (Å²) in [5.74, 6) is 0.765. The molecule has 0 spiro atoms. The second kappa shape index (κ2) is 8.49.